The molecular formula is C28H32N2O5S. The molecule has 2 atom stereocenters. The second-order valence-corrected chi connectivity index (χ2v) is 11.8. The van der Waals surface area contributed by atoms with Crippen LogP contribution < -0.4 is 5.32 Å². The quantitative estimate of drug-likeness (QED) is 0.461. The molecule has 2 heterocycles. The van der Waals surface area contributed by atoms with E-state index in [9.17, 15) is 19.2 Å². The number of ether oxygens (including phenoxy) is 1. The number of rotatable bonds is 5. The van der Waals surface area contributed by atoms with E-state index < -0.39 is 22.7 Å². The van der Waals surface area contributed by atoms with E-state index in [1.807, 2.05) is 32.2 Å². The van der Waals surface area contributed by atoms with Gasteiger partial charge in [0.05, 0.1) is 12.5 Å². The molecule has 8 heteroatoms. The number of amides is 3. The second kappa shape index (κ2) is 8.83. The first-order valence-electron chi connectivity index (χ1n) is 12.6. The van der Waals surface area contributed by atoms with Gasteiger partial charge in [-0.25, -0.2) is 4.79 Å². The normalized spacial score (nSPS) is 24.4. The first-order valence-corrected chi connectivity index (χ1v) is 13.4. The van der Waals surface area contributed by atoms with Crippen LogP contribution in [0.3, 0.4) is 0 Å². The summed E-state index contributed by atoms with van der Waals surface area (Å²) in [5, 5.41) is 4.98. The Morgan fingerprint density at radius 3 is 2.58 bits per heavy atom. The molecule has 5 rings (SSSR count). The van der Waals surface area contributed by atoms with Crippen molar-refractivity contribution >= 4 is 40.0 Å². The van der Waals surface area contributed by atoms with Crippen LogP contribution in [-0.2, 0) is 32.0 Å². The summed E-state index contributed by atoms with van der Waals surface area (Å²) in [6.45, 7) is 5.46. The molecule has 1 saturated carbocycles. The Labute approximate surface area is 215 Å². The predicted octanol–water partition coefficient (Wildman–Crippen LogP) is 4.83. The number of hydrogen-bond acceptors (Lipinski definition) is 6. The zero-order chi connectivity index (χ0) is 25.8. The maximum Gasteiger partial charge on any atom is 0.341 e. The summed E-state index contributed by atoms with van der Waals surface area (Å²) in [6, 6.07) is 6.25. The van der Waals surface area contributed by atoms with Crippen molar-refractivity contribution in [2.24, 2.45) is 16.7 Å². The molecule has 36 heavy (non-hydrogen) atoms. The number of nitrogens with zero attached hydrogens (tertiary/aromatic N) is 1. The number of esters is 1. The third-order valence-corrected chi connectivity index (χ3v) is 9.80. The lowest BCUT2D eigenvalue weighted by atomic mass is 9.62. The van der Waals surface area contributed by atoms with Gasteiger partial charge in [0.15, 0.2) is 0 Å². The van der Waals surface area contributed by atoms with E-state index >= 15 is 0 Å². The minimum Gasteiger partial charge on any atom is -0.465 e. The molecule has 7 nitrogen and oxygen atoms in total. The minimum absolute atomic E-state index is 0.282. The number of anilines is 1. The molecule has 2 bridgehead atoms. The summed E-state index contributed by atoms with van der Waals surface area (Å²) in [6.07, 6.45) is 5.70. The molecule has 1 saturated heterocycles. The van der Waals surface area contributed by atoms with Gasteiger partial charge in [-0.3, -0.25) is 19.3 Å². The van der Waals surface area contributed by atoms with Gasteiger partial charge >= 0.3 is 5.97 Å². The van der Waals surface area contributed by atoms with Crippen LogP contribution in [0.5, 0.6) is 0 Å². The van der Waals surface area contributed by atoms with E-state index in [4.69, 9.17) is 4.74 Å². The maximum atomic E-state index is 13.3. The van der Waals surface area contributed by atoms with Gasteiger partial charge in [-0.2, -0.15) is 0 Å². The smallest absolute Gasteiger partial charge is 0.341 e. The van der Waals surface area contributed by atoms with Gasteiger partial charge in [-0.05, 0) is 60.6 Å². The van der Waals surface area contributed by atoms with Crippen molar-refractivity contribution < 1.29 is 23.9 Å². The third kappa shape index (κ3) is 3.69. The maximum absolute atomic E-state index is 13.3. The lowest BCUT2D eigenvalue weighted by Gasteiger charge is -2.47. The molecule has 2 aromatic rings. The highest BCUT2D eigenvalue weighted by molar-refractivity contribution is 7.15. The van der Waals surface area contributed by atoms with Crippen molar-refractivity contribution in [1.82, 2.24) is 4.90 Å². The van der Waals surface area contributed by atoms with Gasteiger partial charge in [0.25, 0.3) is 0 Å². The third-order valence-electron chi connectivity index (χ3n) is 8.90. The van der Waals surface area contributed by atoms with Gasteiger partial charge in [0.2, 0.25) is 17.7 Å². The fraction of sp³-hybridized carbons (Fsp3) is 0.500. The predicted molar refractivity (Wildman–Crippen MR) is 138 cm³/mol. The van der Waals surface area contributed by atoms with E-state index in [2.05, 4.69) is 17.4 Å². The highest BCUT2D eigenvalue weighted by Gasteiger charge is 2.64. The Morgan fingerprint density at radius 1 is 1.14 bits per heavy atom. The van der Waals surface area contributed by atoms with Crippen molar-refractivity contribution in [2.75, 3.05) is 19.0 Å². The summed E-state index contributed by atoms with van der Waals surface area (Å²) in [5.41, 5.74) is 3.41. The zero-order valence-corrected chi connectivity index (χ0v) is 22.0. The lowest BCUT2D eigenvalue weighted by Crippen LogP contribution is -2.60. The molecule has 2 fully saturated rings. The zero-order valence-electron chi connectivity index (χ0n) is 21.2. The highest BCUT2D eigenvalue weighted by atomic mass is 32.1. The van der Waals surface area contributed by atoms with Crippen LogP contribution in [0, 0.1) is 16.7 Å². The van der Waals surface area contributed by atoms with Crippen molar-refractivity contribution in [3.05, 3.63) is 40.3 Å². The summed E-state index contributed by atoms with van der Waals surface area (Å²) < 4.78 is 5.05. The van der Waals surface area contributed by atoms with Crippen molar-refractivity contribution in [3.63, 3.8) is 0 Å². The number of nitrogens with one attached hydrogen (secondary N) is 1. The van der Waals surface area contributed by atoms with E-state index in [1.165, 1.54) is 36.0 Å². The van der Waals surface area contributed by atoms with Crippen LogP contribution in [0.15, 0.2) is 23.6 Å². The second-order valence-electron chi connectivity index (χ2n) is 11.0. The van der Waals surface area contributed by atoms with E-state index in [-0.39, 0.29) is 29.8 Å². The van der Waals surface area contributed by atoms with Crippen molar-refractivity contribution in [2.45, 2.75) is 59.3 Å². The molecule has 2 aliphatic carbocycles. The molecular weight excluding hydrogens is 476 g/mol. The van der Waals surface area contributed by atoms with Crippen LogP contribution in [0.4, 0.5) is 5.00 Å². The molecule has 0 spiro atoms. The Balaban J connectivity index is 1.40. The van der Waals surface area contributed by atoms with Crippen LogP contribution >= 0.6 is 11.3 Å². The number of hydrogen-bond donors (Lipinski definition) is 1. The summed E-state index contributed by atoms with van der Waals surface area (Å²) >= 11 is 1.24. The molecule has 2 unspecified atom stereocenters. The van der Waals surface area contributed by atoms with Crippen LogP contribution in [0.25, 0.3) is 11.1 Å². The molecule has 0 radical (unpaired) electrons. The number of carbonyl (C=O) groups is 4. The number of fused-ring (bicyclic) bond motifs is 3. The number of imide groups is 1. The Hall–Kier alpha value is -3.00. The summed E-state index contributed by atoms with van der Waals surface area (Å²) in [5.74, 6) is -1.92. The lowest BCUT2D eigenvalue weighted by molar-refractivity contribution is -0.168. The number of likely N-dealkylation sites (tertiary alicyclic amines) is 1. The van der Waals surface area contributed by atoms with Crippen molar-refractivity contribution in [1.29, 1.82) is 0 Å². The van der Waals surface area contributed by atoms with E-state index in [0.717, 1.165) is 29.7 Å². The first kappa shape index (κ1) is 24.7. The van der Waals surface area contributed by atoms with Crippen molar-refractivity contribution in [3.8, 4) is 11.1 Å². The monoisotopic (exact) mass is 508 g/mol. The summed E-state index contributed by atoms with van der Waals surface area (Å²) in [4.78, 5) is 53.4. The van der Waals surface area contributed by atoms with Gasteiger partial charge in [-0.15, -0.1) is 11.3 Å². The van der Waals surface area contributed by atoms with Gasteiger partial charge < -0.3 is 10.1 Å². The van der Waals surface area contributed by atoms with E-state index in [0.29, 0.717) is 23.4 Å². The number of benzene rings is 1. The molecule has 190 valence electrons. The van der Waals surface area contributed by atoms with Gasteiger partial charge in [-0.1, -0.05) is 39.0 Å². The largest absolute Gasteiger partial charge is 0.465 e. The van der Waals surface area contributed by atoms with Crippen LogP contribution in [-0.4, -0.2) is 42.2 Å². The van der Waals surface area contributed by atoms with Gasteiger partial charge in [0.1, 0.15) is 17.1 Å². The molecule has 3 amide bonds. The molecule has 3 aliphatic rings. The number of aryl methyl sites for hydroxylation is 2. The number of piperidine rings is 1. The first-order chi connectivity index (χ1) is 17.1. The Morgan fingerprint density at radius 2 is 1.86 bits per heavy atom. The number of methoxy groups -OCH3 is 1. The van der Waals surface area contributed by atoms with Gasteiger partial charge in [0, 0.05) is 16.9 Å². The average Bonchev–Trinajstić information content (AvgIpc) is 3.35. The fourth-order valence-corrected chi connectivity index (χ4v) is 7.20. The molecule has 1 aromatic carbocycles. The van der Waals surface area contributed by atoms with Crippen LogP contribution in [0.2, 0.25) is 0 Å². The number of thiophene rings is 1. The molecule has 1 aromatic heterocycles. The number of carbonyl (C=O) groups excluding carboxylic acids is 4. The van der Waals surface area contributed by atoms with Crippen LogP contribution in [0.1, 0.15) is 67.9 Å². The highest BCUT2D eigenvalue weighted by Crippen LogP contribution is 2.60. The SMILES string of the molecule is COC(=O)c1c(-c2ccc3c(c2)CCCC3)csc1NC(=O)CN1C(=O)C2CCC(C)(C1=O)C2(C)C. The average molecular weight is 509 g/mol. The topological polar surface area (TPSA) is 92.8 Å². The molecule has 1 N–H and O–H groups in total. The Kier molecular flexibility index (Phi) is 6.06. The Bertz CT molecular complexity index is 1280. The standard InChI is InChI=1S/C28H32N2O5S/c1-27(2)20-11-12-28(27,3)26(34)30(24(20)32)14-21(31)29-23-22(25(33)35-4)19(15-36-23)18-10-9-16-7-5-6-8-17(16)13-18/h9-10,13,15,20H,5-8,11-12,14H2,1-4H3,(H,29,31). The van der Waals surface area contributed by atoms with E-state index in [1.54, 1.807) is 0 Å². The fourth-order valence-electron chi connectivity index (χ4n) is 6.23. The summed E-state index contributed by atoms with van der Waals surface area (Å²) in [7, 11) is 1.31. The molecule has 1 aliphatic heterocycles. The minimum atomic E-state index is -0.675.